The van der Waals surface area contributed by atoms with Gasteiger partial charge in [-0.2, -0.15) is 5.10 Å². The fraction of sp³-hybridized carbons (Fsp3) is 0.733. The summed E-state index contributed by atoms with van der Waals surface area (Å²) in [6, 6.07) is 0.129. The van der Waals surface area contributed by atoms with Gasteiger partial charge >= 0.3 is 13.1 Å². The number of esters is 1. The van der Waals surface area contributed by atoms with Gasteiger partial charge < -0.3 is 14.0 Å². The summed E-state index contributed by atoms with van der Waals surface area (Å²) in [5.74, 6) is -0.452. The van der Waals surface area contributed by atoms with E-state index < -0.39 is 24.3 Å². The molecule has 22 heavy (non-hydrogen) atoms. The molecular weight excluding hydrogens is 283 g/mol. The molecule has 122 valence electrons. The Morgan fingerprint density at radius 3 is 2.32 bits per heavy atom. The van der Waals surface area contributed by atoms with Crippen LogP contribution in [-0.4, -0.2) is 40.7 Å². The maximum absolute atomic E-state index is 12.2. The second-order valence-corrected chi connectivity index (χ2v) is 6.82. The van der Waals surface area contributed by atoms with E-state index in [1.807, 2.05) is 41.5 Å². The van der Waals surface area contributed by atoms with Gasteiger partial charge in [-0.15, -0.1) is 0 Å². The van der Waals surface area contributed by atoms with E-state index in [0.717, 1.165) is 0 Å². The van der Waals surface area contributed by atoms with Crippen LogP contribution in [0.15, 0.2) is 6.20 Å². The first-order chi connectivity index (χ1) is 10.1. The molecule has 0 aromatic carbocycles. The van der Waals surface area contributed by atoms with Gasteiger partial charge in [0.15, 0.2) is 5.69 Å². The lowest BCUT2D eigenvalue weighted by Crippen LogP contribution is -2.41. The van der Waals surface area contributed by atoms with Crippen LogP contribution in [0, 0.1) is 0 Å². The molecule has 6 nitrogen and oxygen atoms in total. The predicted molar refractivity (Wildman–Crippen MR) is 84.3 cm³/mol. The Kier molecular flexibility index (Phi) is 4.41. The topological polar surface area (TPSA) is 62.6 Å². The number of nitrogens with zero attached hydrogens (tertiary/aromatic N) is 2. The van der Waals surface area contributed by atoms with Gasteiger partial charge in [0.2, 0.25) is 0 Å². The molecule has 7 heteroatoms. The van der Waals surface area contributed by atoms with Crippen LogP contribution in [0.5, 0.6) is 0 Å². The molecule has 0 aliphatic carbocycles. The van der Waals surface area contributed by atoms with Crippen molar-refractivity contribution in [2.45, 2.75) is 65.7 Å². The minimum absolute atomic E-state index is 0.129. The molecule has 0 spiro atoms. The third kappa shape index (κ3) is 2.92. The highest BCUT2D eigenvalue weighted by Crippen LogP contribution is 2.36. The smallest absolute Gasteiger partial charge is 0.461 e. The minimum Gasteiger partial charge on any atom is -0.461 e. The van der Waals surface area contributed by atoms with Crippen molar-refractivity contribution in [2.75, 3.05) is 6.61 Å². The Morgan fingerprint density at radius 1 is 1.32 bits per heavy atom. The van der Waals surface area contributed by atoms with Crippen molar-refractivity contribution in [1.29, 1.82) is 0 Å². The first kappa shape index (κ1) is 17.0. The molecule has 1 aliphatic rings. The van der Waals surface area contributed by atoms with Crippen LogP contribution in [0.1, 0.15) is 65.0 Å². The molecule has 0 unspecified atom stereocenters. The number of aromatic nitrogens is 2. The molecule has 2 heterocycles. The second-order valence-electron chi connectivity index (χ2n) is 6.82. The van der Waals surface area contributed by atoms with Crippen molar-refractivity contribution < 1.29 is 18.8 Å². The number of hydrogen-bond acceptors (Lipinski definition) is 5. The number of carbonyl (C=O) groups excluding carboxylic acids is 1. The Morgan fingerprint density at radius 2 is 1.86 bits per heavy atom. The zero-order valence-corrected chi connectivity index (χ0v) is 14.5. The van der Waals surface area contributed by atoms with E-state index in [1.54, 1.807) is 17.8 Å². The number of carbonyl (C=O) groups is 1. The lowest BCUT2D eigenvalue weighted by Gasteiger charge is -2.32. The van der Waals surface area contributed by atoms with E-state index >= 15 is 0 Å². The molecule has 0 amide bonds. The molecular formula is C15H25BN2O4. The van der Waals surface area contributed by atoms with Gasteiger partial charge in [-0.05, 0) is 48.5 Å². The third-order valence-electron chi connectivity index (χ3n) is 4.27. The van der Waals surface area contributed by atoms with E-state index in [0.29, 0.717) is 12.1 Å². The fourth-order valence-corrected chi connectivity index (χ4v) is 2.17. The molecule has 1 saturated heterocycles. The number of rotatable bonds is 4. The van der Waals surface area contributed by atoms with Gasteiger partial charge in [-0.1, -0.05) is 0 Å². The zero-order valence-electron chi connectivity index (χ0n) is 14.5. The Balaban J connectivity index is 2.40. The molecule has 0 bridgehead atoms. The molecule has 0 saturated carbocycles. The summed E-state index contributed by atoms with van der Waals surface area (Å²) < 4.78 is 18.9. The van der Waals surface area contributed by atoms with Gasteiger partial charge in [0.1, 0.15) is 0 Å². The molecule has 1 fully saturated rings. The Labute approximate surface area is 132 Å². The largest absolute Gasteiger partial charge is 0.498 e. The van der Waals surface area contributed by atoms with E-state index in [1.165, 1.54) is 0 Å². The summed E-state index contributed by atoms with van der Waals surface area (Å²) in [6.45, 7) is 14.0. The first-order valence-corrected chi connectivity index (χ1v) is 7.71. The van der Waals surface area contributed by atoms with Crippen molar-refractivity contribution in [2.24, 2.45) is 0 Å². The van der Waals surface area contributed by atoms with Crippen LogP contribution in [0.4, 0.5) is 0 Å². The molecule has 0 N–H and O–H groups in total. The fourth-order valence-electron chi connectivity index (χ4n) is 2.17. The average Bonchev–Trinajstić information content (AvgIpc) is 2.90. The highest BCUT2D eigenvalue weighted by Gasteiger charge is 2.53. The van der Waals surface area contributed by atoms with E-state index in [4.69, 9.17) is 14.0 Å². The first-order valence-electron chi connectivity index (χ1n) is 7.71. The van der Waals surface area contributed by atoms with Crippen molar-refractivity contribution in [3.8, 4) is 0 Å². The van der Waals surface area contributed by atoms with Crippen molar-refractivity contribution in [1.82, 2.24) is 9.78 Å². The third-order valence-corrected chi connectivity index (χ3v) is 4.27. The van der Waals surface area contributed by atoms with Crippen molar-refractivity contribution >= 4 is 18.6 Å². The maximum atomic E-state index is 12.2. The normalized spacial score (nSPS) is 19.7. The van der Waals surface area contributed by atoms with Gasteiger partial charge in [0.25, 0.3) is 0 Å². The molecule has 1 aromatic rings. The summed E-state index contributed by atoms with van der Waals surface area (Å²) in [5, 5.41) is 4.35. The molecule has 0 atom stereocenters. The zero-order chi connectivity index (χ0) is 16.7. The predicted octanol–water partition coefficient (Wildman–Crippen LogP) is 1.94. The number of ether oxygens (including phenoxy) is 1. The standard InChI is InChI=1S/C15H25BN2O4/c1-8-20-13(19)12-11(9-18(17-12)10(2)3)16-21-14(4,5)15(6,7)22-16/h9-10H,8H2,1-7H3. The van der Waals surface area contributed by atoms with Gasteiger partial charge in [-0.3, -0.25) is 4.68 Å². The quantitative estimate of drug-likeness (QED) is 0.628. The van der Waals surface area contributed by atoms with Crippen LogP contribution < -0.4 is 5.46 Å². The number of hydrogen-bond donors (Lipinski definition) is 0. The minimum atomic E-state index is -0.628. The van der Waals surface area contributed by atoms with Gasteiger partial charge in [0.05, 0.1) is 17.8 Å². The summed E-state index contributed by atoms with van der Waals surface area (Å²) >= 11 is 0. The van der Waals surface area contributed by atoms with Crippen LogP contribution >= 0.6 is 0 Å². The summed E-state index contributed by atoms with van der Waals surface area (Å²) in [5.41, 5.74) is -0.0626. The van der Waals surface area contributed by atoms with Crippen LogP contribution in [0.25, 0.3) is 0 Å². The van der Waals surface area contributed by atoms with E-state index in [9.17, 15) is 4.79 Å². The monoisotopic (exact) mass is 308 g/mol. The highest BCUT2D eigenvalue weighted by molar-refractivity contribution is 6.63. The van der Waals surface area contributed by atoms with Gasteiger partial charge in [0, 0.05) is 17.7 Å². The van der Waals surface area contributed by atoms with Crippen LogP contribution in [-0.2, 0) is 14.0 Å². The Hall–Kier alpha value is -1.34. The lowest BCUT2D eigenvalue weighted by atomic mass is 9.79. The molecule has 0 radical (unpaired) electrons. The average molecular weight is 308 g/mol. The SMILES string of the molecule is CCOC(=O)c1nn(C(C)C)cc1B1OC(C)(C)C(C)(C)O1. The summed E-state index contributed by atoms with van der Waals surface area (Å²) in [7, 11) is -0.628. The van der Waals surface area contributed by atoms with E-state index in [-0.39, 0.29) is 11.7 Å². The van der Waals surface area contributed by atoms with Crippen molar-refractivity contribution in [3.05, 3.63) is 11.9 Å². The lowest BCUT2D eigenvalue weighted by molar-refractivity contribution is 0.00578. The highest BCUT2D eigenvalue weighted by atomic mass is 16.7. The van der Waals surface area contributed by atoms with Gasteiger partial charge in [-0.25, -0.2) is 4.79 Å². The maximum Gasteiger partial charge on any atom is 0.498 e. The summed E-state index contributed by atoms with van der Waals surface area (Å²) in [4.78, 5) is 12.2. The van der Waals surface area contributed by atoms with Crippen LogP contribution in [0.2, 0.25) is 0 Å². The molecule has 1 aromatic heterocycles. The Bertz CT molecular complexity index is 550. The van der Waals surface area contributed by atoms with E-state index in [2.05, 4.69) is 5.10 Å². The molecule has 2 rings (SSSR count). The molecule has 1 aliphatic heterocycles. The second kappa shape index (κ2) is 5.70. The van der Waals surface area contributed by atoms with Crippen molar-refractivity contribution in [3.63, 3.8) is 0 Å². The van der Waals surface area contributed by atoms with Crippen LogP contribution in [0.3, 0.4) is 0 Å². The summed E-state index contributed by atoms with van der Waals surface area (Å²) in [6.07, 6.45) is 1.80.